The van der Waals surface area contributed by atoms with Crippen molar-refractivity contribution in [2.45, 2.75) is 66.1 Å². The lowest BCUT2D eigenvalue weighted by Gasteiger charge is -2.39. The summed E-state index contributed by atoms with van der Waals surface area (Å²) < 4.78 is 6.46. The van der Waals surface area contributed by atoms with Crippen molar-refractivity contribution >= 4 is 0 Å². The van der Waals surface area contributed by atoms with E-state index in [4.69, 9.17) is 4.74 Å². The SMILES string of the molecule is CC1(C)C=C2[C@@H](C1)C[C@]1(C)[C@H](OCc3ccccc3)CC[C@]21C. The molecule has 0 N–H and O–H groups in total. The highest BCUT2D eigenvalue weighted by Crippen LogP contribution is 2.71. The molecule has 0 heterocycles. The number of hydrogen-bond donors (Lipinski definition) is 0. The van der Waals surface area contributed by atoms with E-state index in [1.807, 2.05) is 0 Å². The van der Waals surface area contributed by atoms with Crippen molar-refractivity contribution in [3.8, 4) is 0 Å². The van der Waals surface area contributed by atoms with Gasteiger partial charge in [-0.1, -0.05) is 69.7 Å². The van der Waals surface area contributed by atoms with Crippen LogP contribution in [0.3, 0.4) is 0 Å². The summed E-state index contributed by atoms with van der Waals surface area (Å²) in [6.07, 6.45) is 8.17. The summed E-state index contributed by atoms with van der Waals surface area (Å²) in [6, 6.07) is 10.6. The topological polar surface area (TPSA) is 9.23 Å². The van der Waals surface area contributed by atoms with Crippen molar-refractivity contribution in [2.75, 3.05) is 0 Å². The summed E-state index contributed by atoms with van der Waals surface area (Å²) in [6.45, 7) is 10.6. The lowest BCUT2D eigenvalue weighted by atomic mass is 9.67. The molecule has 0 bridgehead atoms. The molecule has 1 heteroatoms. The summed E-state index contributed by atoms with van der Waals surface area (Å²) in [4.78, 5) is 0. The maximum atomic E-state index is 6.46. The minimum Gasteiger partial charge on any atom is -0.373 e. The van der Waals surface area contributed by atoms with Gasteiger partial charge in [0.05, 0.1) is 12.7 Å². The number of fused-ring (bicyclic) bond motifs is 3. The highest BCUT2D eigenvalue weighted by Gasteiger charge is 2.64. The van der Waals surface area contributed by atoms with Crippen LogP contribution in [0.1, 0.15) is 58.9 Å². The van der Waals surface area contributed by atoms with Gasteiger partial charge in [-0.25, -0.2) is 0 Å². The fourth-order valence-corrected chi connectivity index (χ4v) is 5.89. The average Bonchev–Trinajstić information content (AvgIpc) is 3.00. The zero-order valence-electron chi connectivity index (χ0n) is 15.1. The number of benzene rings is 1. The molecule has 3 aliphatic rings. The minimum absolute atomic E-state index is 0.314. The lowest BCUT2D eigenvalue weighted by Crippen LogP contribution is -2.37. The van der Waals surface area contributed by atoms with E-state index in [2.05, 4.69) is 64.1 Å². The molecule has 124 valence electrons. The third-order valence-corrected chi connectivity index (χ3v) is 7.24. The first kappa shape index (κ1) is 15.4. The Morgan fingerprint density at radius 1 is 1.04 bits per heavy atom. The van der Waals surface area contributed by atoms with Gasteiger partial charge in [0.15, 0.2) is 0 Å². The summed E-state index contributed by atoms with van der Waals surface area (Å²) in [5.41, 5.74) is 4.12. The molecular formula is C22H30O. The van der Waals surface area contributed by atoms with Crippen LogP contribution in [-0.4, -0.2) is 6.10 Å². The number of rotatable bonds is 3. The highest BCUT2D eigenvalue weighted by atomic mass is 16.5. The van der Waals surface area contributed by atoms with Gasteiger partial charge in [-0.15, -0.1) is 0 Å². The van der Waals surface area contributed by atoms with Crippen LogP contribution in [0.4, 0.5) is 0 Å². The zero-order valence-corrected chi connectivity index (χ0v) is 15.1. The van der Waals surface area contributed by atoms with Crippen LogP contribution < -0.4 is 0 Å². The second-order valence-electron chi connectivity index (χ2n) is 9.27. The molecule has 4 rings (SSSR count). The van der Waals surface area contributed by atoms with Crippen molar-refractivity contribution < 1.29 is 4.74 Å². The van der Waals surface area contributed by atoms with Crippen LogP contribution in [0.2, 0.25) is 0 Å². The molecule has 0 radical (unpaired) electrons. The molecule has 0 spiro atoms. The zero-order chi connectivity index (χ0) is 16.3. The number of ether oxygens (including phenoxy) is 1. The Hall–Kier alpha value is -1.08. The Morgan fingerprint density at radius 3 is 2.52 bits per heavy atom. The quantitative estimate of drug-likeness (QED) is 0.645. The van der Waals surface area contributed by atoms with Crippen LogP contribution >= 0.6 is 0 Å². The van der Waals surface area contributed by atoms with Crippen molar-refractivity contribution in [1.82, 2.24) is 0 Å². The van der Waals surface area contributed by atoms with E-state index in [0.717, 1.165) is 12.5 Å². The Labute approximate surface area is 141 Å². The number of allylic oxidation sites excluding steroid dienone is 2. The van der Waals surface area contributed by atoms with E-state index in [-0.39, 0.29) is 0 Å². The molecule has 1 aromatic rings. The van der Waals surface area contributed by atoms with Gasteiger partial charge in [0.25, 0.3) is 0 Å². The first-order valence-corrected chi connectivity index (χ1v) is 9.23. The smallest absolute Gasteiger partial charge is 0.0720 e. The molecule has 0 saturated heterocycles. The molecule has 0 amide bonds. The standard InChI is InChI=1S/C22H30O/c1-20(2)12-17-13-22(4)19(10-11-21(22,3)18(17)14-20)23-15-16-8-6-5-7-9-16/h5-9,14,17,19H,10-13,15H2,1-4H3/t17-,19+,21+,22+/m0/s1. The molecule has 0 aromatic heterocycles. The van der Waals surface area contributed by atoms with Gasteiger partial charge in [-0.3, -0.25) is 0 Å². The Morgan fingerprint density at radius 2 is 1.78 bits per heavy atom. The Balaban J connectivity index is 1.55. The van der Waals surface area contributed by atoms with Crippen LogP contribution in [0.5, 0.6) is 0 Å². The van der Waals surface area contributed by atoms with Gasteiger partial charge in [0.1, 0.15) is 0 Å². The Bertz CT molecular complexity index is 629. The third kappa shape index (κ3) is 2.23. The monoisotopic (exact) mass is 310 g/mol. The third-order valence-electron chi connectivity index (χ3n) is 7.24. The molecule has 2 saturated carbocycles. The molecule has 23 heavy (non-hydrogen) atoms. The van der Waals surface area contributed by atoms with Crippen LogP contribution in [-0.2, 0) is 11.3 Å². The summed E-state index contributed by atoms with van der Waals surface area (Å²) in [5, 5.41) is 0. The van der Waals surface area contributed by atoms with E-state index < -0.39 is 0 Å². The predicted octanol–water partition coefficient (Wildman–Crippen LogP) is 5.75. The maximum Gasteiger partial charge on any atom is 0.0720 e. The summed E-state index contributed by atoms with van der Waals surface area (Å²) >= 11 is 0. The Kier molecular flexibility index (Phi) is 3.33. The van der Waals surface area contributed by atoms with Gasteiger partial charge >= 0.3 is 0 Å². The summed E-state index contributed by atoms with van der Waals surface area (Å²) in [7, 11) is 0. The largest absolute Gasteiger partial charge is 0.373 e. The van der Waals surface area contributed by atoms with E-state index >= 15 is 0 Å². The lowest BCUT2D eigenvalue weighted by molar-refractivity contribution is -0.0470. The fraction of sp³-hybridized carbons (Fsp3) is 0.636. The van der Waals surface area contributed by atoms with Gasteiger partial charge in [0, 0.05) is 5.41 Å². The number of hydrogen-bond acceptors (Lipinski definition) is 1. The molecule has 0 unspecified atom stereocenters. The van der Waals surface area contributed by atoms with Gasteiger partial charge in [-0.05, 0) is 48.0 Å². The van der Waals surface area contributed by atoms with E-state index in [0.29, 0.717) is 22.3 Å². The van der Waals surface area contributed by atoms with Crippen molar-refractivity contribution in [1.29, 1.82) is 0 Å². The van der Waals surface area contributed by atoms with E-state index in [9.17, 15) is 0 Å². The highest BCUT2D eigenvalue weighted by molar-refractivity contribution is 5.36. The molecule has 4 atom stereocenters. The first-order valence-electron chi connectivity index (χ1n) is 9.23. The second-order valence-corrected chi connectivity index (χ2v) is 9.27. The van der Waals surface area contributed by atoms with Crippen molar-refractivity contribution in [3.63, 3.8) is 0 Å². The van der Waals surface area contributed by atoms with Gasteiger partial charge in [-0.2, -0.15) is 0 Å². The van der Waals surface area contributed by atoms with E-state index in [1.54, 1.807) is 5.57 Å². The molecular weight excluding hydrogens is 280 g/mol. The molecule has 3 aliphatic carbocycles. The average molecular weight is 310 g/mol. The maximum absolute atomic E-state index is 6.46. The summed E-state index contributed by atoms with van der Waals surface area (Å²) in [5.74, 6) is 0.795. The van der Waals surface area contributed by atoms with Crippen LogP contribution in [0, 0.1) is 22.2 Å². The fourth-order valence-electron chi connectivity index (χ4n) is 5.89. The van der Waals surface area contributed by atoms with E-state index in [1.165, 1.54) is 31.2 Å². The normalized spacial score (nSPS) is 40.8. The second kappa shape index (κ2) is 4.96. The molecule has 1 aromatic carbocycles. The minimum atomic E-state index is 0.314. The molecule has 0 aliphatic heterocycles. The first-order chi connectivity index (χ1) is 10.8. The van der Waals surface area contributed by atoms with Crippen molar-refractivity contribution in [3.05, 3.63) is 47.5 Å². The predicted molar refractivity (Wildman–Crippen MR) is 95.1 cm³/mol. The van der Waals surface area contributed by atoms with Crippen molar-refractivity contribution in [2.24, 2.45) is 22.2 Å². The molecule has 2 fully saturated rings. The van der Waals surface area contributed by atoms with Crippen LogP contribution in [0.15, 0.2) is 42.0 Å². The van der Waals surface area contributed by atoms with Gasteiger partial charge < -0.3 is 4.74 Å². The molecule has 1 nitrogen and oxygen atoms in total. The van der Waals surface area contributed by atoms with Crippen LogP contribution in [0.25, 0.3) is 0 Å². The van der Waals surface area contributed by atoms with Gasteiger partial charge in [0.2, 0.25) is 0 Å².